The molecule has 1 aromatic carbocycles. The summed E-state index contributed by atoms with van der Waals surface area (Å²) in [6, 6.07) is 11.6. The molecule has 3 aromatic rings. The van der Waals surface area contributed by atoms with Gasteiger partial charge in [-0.3, -0.25) is 4.79 Å². The lowest BCUT2D eigenvalue weighted by molar-refractivity contribution is 0.0569. The summed E-state index contributed by atoms with van der Waals surface area (Å²) in [6.45, 7) is 5.31. The number of hydrogen-bond donors (Lipinski definition) is 0. The van der Waals surface area contributed by atoms with Gasteiger partial charge in [-0.2, -0.15) is 4.98 Å². The highest BCUT2D eigenvalue weighted by Gasteiger charge is 2.36. The largest absolute Gasteiger partial charge is 0.339 e. The summed E-state index contributed by atoms with van der Waals surface area (Å²) in [4.78, 5) is 18.8. The first-order chi connectivity index (χ1) is 12.1. The number of benzene rings is 1. The van der Waals surface area contributed by atoms with E-state index >= 15 is 0 Å². The lowest BCUT2D eigenvalue weighted by Gasteiger charge is -2.37. The second kappa shape index (κ2) is 6.20. The van der Waals surface area contributed by atoms with Gasteiger partial charge < -0.3 is 14.0 Å². The number of nitrogens with zero attached hydrogens (tertiary/aromatic N) is 4. The van der Waals surface area contributed by atoms with Crippen molar-refractivity contribution in [1.29, 1.82) is 0 Å². The van der Waals surface area contributed by atoms with Crippen molar-refractivity contribution in [3.05, 3.63) is 66.1 Å². The summed E-state index contributed by atoms with van der Waals surface area (Å²) in [5, 5.41) is 3.99. The number of carbonyl (C=O) groups is 1. The molecule has 0 aliphatic carbocycles. The highest BCUT2D eigenvalue weighted by atomic mass is 16.5. The minimum absolute atomic E-state index is 0.0407. The van der Waals surface area contributed by atoms with Crippen molar-refractivity contribution in [1.82, 2.24) is 19.6 Å². The Morgan fingerprint density at radius 2 is 1.84 bits per heavy atom. The van der Waals surface area contributed by atoms with Gasteiger partial charge in [-0.1, -0.05) is 19.0 Å². The van der Waals surface area contributed by atoms with Crippen LogP contribution in [0, 0.1) is 0 Å². The second-order valence-electron chi connectivity index (χ2n) is 6.69. The Morgan fingerprint density at radius 3 is 2.44 bits per heavy atom. The van der Waals surface area contributed by atoms with E-state index in [9.17, 15) is 4.79 Å². The van der Waals surface area contributed by atoms with E-state index < -0.39 is 0 Å². The first-order valence-corrected chi connectivity index (χ1v) is 8.48. The standard InChI is InChI=1S/C19H20N4O2/c1-13(2)17-20-18(25-21-17)15-11-23(12-15)19(24)14-5-7-16(8-6-14)22-9-3-4-10-22/h3-10,13,15H,11-12H2,1-2H3. The quantitative estimate of drug-likeness (QED) is 0.734. The first kappa shape index (κ1) is 15.6. The van der Waals surface area contributed by atoms with Gasteiger partial charge in [-0.05, 0) is 36.4 Å². The molecule has 6 heteroatoms. The monoisotopic (exact) mass is 336 g/mol. The van der Waals surface area contributed by atoms with Crippen LogP contribution in [0.4, 0.5) is 0 Å². The molecular formula is C19H20N4O2. The molecule has 0 atom stereocenters. The highest BCUT2D eigenvalue weighted by Crippen LogP contribution is 2.28. The van der Waals surface area contributed by atoms with Crippen LogP contribution < -0.4 is 0 Å². The maximum absolute atomic E-state index is 12.6. The molecule has 1 amide bonds. The van der Waals surface area contributed by atoms with Crippen LogP contribution in [0.3, 0.4) is 0 Å². The van der Waals surface area contributed by atoms with Crippen molar-refractivity contribution in [2.45, 2.75) is 25.7 Å². The van der Waals surface area contributed by atoms with Crippen LogP contribution in [0.15, 0.2) is 53.3 Å². The molecule has 6 nitrogen and oxygen atoms in total. The van der Waals surface area contributed by atoms with Gasteiger partial charge in [-0.25, -0.2) is 0 Å². The van der Waals surface area contributed by atoms with Crippen LogP contribution in [0.2, 0.25) is 0 Å². The molecule has 0 unspecified atom stereocenters. The first-order valence-electron chi connectivity index (χ1n) is 8.48. The van der Waals surface area contributed by atoms with Gasteiger partial charge in [0.25, 0.3) is 5.91 Å². The molecule has 0 bridgehead atoms. The van der Waals surface area contributed by atoms with E-state index in [1.54, 1.807) is 0 Å². The summed E-state index contributed by atoms with van der Waals surface area (Å²) < 4.78 is 7.33. The van der Waals surface area contributed by atoms with Gasteiger partial charge in [0.2, 0.25) is 5.89 Å². The third-order valence-corrected chi connectivity index (χ3v) is 4.51. The summed E-state index contributed by atoms with van der Waals surface area (Å²) in [5.74, 6) is 1.78. The van der Waals surface area contributed by atoms with Crippen molar-refractivity contribution in [2.24, 2.45) is 0 Å². The van der Waals surface area contributed by atoms with Gasteiger partial charge >= 0.3 is 0 Å². The van der Waals surface area contributed by atoms with E-state index in [0.717, 1.165) is 11.5 Å². The molecule has 0 radical (unpaired) electrons. The second-order valence-corrected chi connectivity index (χ2v) is 6.69. The highest BCUT2D eigenvalue weighted by molar-refractivity contribution is 5.95. The van der Waals surface area contributed by atoms with Crippen LogP contribution in [0.1, 0.15) is 47.8 Å². The van der Waals surface area contributed by atoms with E-state index in [1.165, 1.54) is 0 Å². The number of carbonyl (C=O) groups excluding carboxylic acids is 1. The van der Waals surface area contributed by atoms with Gasteiger partial charge in [0.15, 0.2) is 5.82 Å². The molecule has 0 saturated carbocycles. The molecule has 3 heterocycles. The predicted molar refractivity (Wildman–Crippen MR) is 92.8 cm³/mol. The van der Waals surface area contributed by atoms with Gasteiger partial charge in [0.05, 0.1) is 5.92 Å². The van der Waals surface area contributed by atoms with Crippen LogP contribution in [-0.4, -0.2) is 38.6 Å². The van der Waals surface area contributed by atoms with Gasteiger partial charge in [0.1, 0.15) is 0 Å². The predicted octanol–water partition coefficient (Wildman–Crippen LogP) is 3.22. The fourth-order valence-corrected chi connectivity index (χ4v) is 2.91. The topological polar surface area (TPSA) is 64.2 Å². The average Bonchev–Trinajstić information content (AvgIpc) is 3.25. The fraction of sp³-hybridized carbons (Fsp3) is 0.316. The van der Waals surface area contributed by atoms with Gasteiger partial charge in [-0.15, -0.1) is 0 Å². The van der Waals surface area contributed by atoms with Crippen molar-refractivity contribution in [3.63, 3.8) is 0 Å². The maximum Gasteiger partial charge on any atom is 0.253 e. The number of aromatic nitrogens is 3. The molecule has 1 fully saturated rings. The Bertz CT molecular complexity index is 859. The average molecular weight is 336 g/mol. The third-order valence-electron chi connectivity index (χ3n) is 4.51. The van der Waals surface area contributed by atoms with E-state index in [1.807, 2.05) is 72.1 Å². The van der Waals surface area contributed by atoms with E-state index in [4.69, 9.17) is 4.52 Å². The van der Waals surface area contributed by atoms with E-state index in [-0.39, 0.29) is 17.7 Å². The van der Waals surface area contributed by atoms with Crippen LogP contribution in [-0.2, 0) is 0 Å². The molecular weight excluding hydrogens is 316 g/mol. The van der Waals surface area contributed by atoms with Crippen LogP contribution in [0.25, 0.3) is 5.69 Å². The molecule has 2 aromatic heterocycles. The van der Waals surface area contributed by atoms with E-state index in [2.05, 4.69) is 10.1 Å². The Morgan fingerprint density at radius 1 is 1.16 bits per heavy atom. The van der Waals surface area contributed by atoms with Crippen molar-refractivity contribution in [2.75, 3.05) is 13.1 Å². The van der Waals surface area contributed by atoms with Gasteiger partial charge in [0, 0.05) is 42.7 Å². The smallest absolute Gasteiger partial charge is 0.253 e. The Balaban J connectivity index is 1.39. The van der Waals surface area contributed by atoms with Crippen molar-refractivity contribution in [3.8, 4) is 5.69 Å². The number of likely N-dealkylation sites (tertiary alicyclic amines) is 1. The molecule has 25 heavy (non-hydrogen) atoms. The Kier molecular flexibility index (Phi) is 3.87. The zero-order valence-electron chi connectivity index (χ0n) is 14.3. The normalized spacial score (nSPS) is 14.8. The molecule has 0 N–H and O–H groups in total. The zero-order chi connectivity index (χ0) is 17.4. The minimum atomic E-state index is 0.0407. The molecule has 1 aliphatic heterocycles. The van der Waals surface area contributed by atoms with Crippen LogP contribution in [0.5, 0.6) is 0 Å². The molecule has 0 spiro atoms. The molecule has 4 rings (SSSR count). The maximum atomic E-state index is 12.6. The van der Waals surface area contributed by atoms with E-state index in [0.29, 0.717) is 24.5 Å². The lowest BCUT2D eigenvalue weighted by atomic mass is 9.98. The van der Waals surface area contributed by atoms with Crippen molar-refractivity contribution >= 4 is 5.91 Å². The SMILES string of the molecule is CC(C)c1noc(C2CN(C(=O)c3ccc(-n4cccc4)cc3)C2)n1. The fourth-order valence-electron chi connectivity index (χ4n) is 2.91. The number of rotatable bonds is 4. The minimum Gasteiger partial charge on any atom is -0.339 e. The lowest BCUT2D eigenvalue weighted by Crippen LogP contribution is -2.48. The Hall–Kier alpha value is -2.89. The number of amides is 1. The molecule has 128 valence electrons. The summed E-state index contributed by atoms with van der Waals surface area (Å²) in [6.07, 6.45) is 3.96. The molecule has 1 aliphatic rings. The summed E-state index contributed by atoms with van der Waals surface area (Å²) >= 11 is 0. The zero-order valence-corrected chi connectivity index (χ0v) is 14.3. The summed E-state index contributed by atoms with van der Waals surface area (Å²) in [7, 11) is 0. The van der Waals surface area contributed by atoms with Crippen molar-refractivity contribution < 1.29 is 9.32 Å². The van der Waals surface area contributed by atoms with Crippen LogP contribution >= 0.6 is 0 Å². The molecule has 1 saturated heterocycles. The number of hydrogen-bond acceptors (Lipinski definition) is 4. The summed E-state index contributed by atoms with van der Waals surface area (Å²) in [5.41, 5.74) is 1.73. The third kappa shape index (κ3) is 2.95. The Labute approximate surface area is 146 Å².